The Bertz CT molecular complexity index is 178. The van der Waals surface area contributed by atoms with E-state index in [9.17, 15) is 4.79 Å². The van der Waals surface area contributed by atoms with Gasteiger partial charge in [0.1, 0.15) is 4.93 Å². The summed E-state index contributed by atoms with van der Waals surface area (Å²) in [7, 11) is 0. The van der Waals surface area contributed by atoms with Crippen molar-refractivity contribution >= 4 is 18.6 Å². The number of aliphatic carboxylic acids is 1. The molecule has 0 spiro atoms. The first-order valence-corrected chi connectivity index (χ1v) is 5.36. The number of carboxylic acid groups (broad SMARTS) is 1. The highest BCUT2D eigenvalue weighted by molar-refractivity contribution is 7.81. The Kier molecular flexibility index (Phi) is 6.20. The minimum Gasteiger partial charge on any atom is -0.481 e. The zero-order valence-electron chi connectivity index (χ0n) is 9.12. The van der Waals surface area contributed by atoms with Crippen LogP contribution in [0.4, 0.5) is 0 Å². The number of carbonyl (C=O) groups is 1. The van der Waals surface area contributed by atoms with Crippen LogP contribution in [0, 0.1) is 5.92 Å². The van der Waals surface area contributed by atoms with Crippen molar-refractivity contribution in [3.63, 3.8) is 0 Å². The fourth-order valence-corrected chi connectivity index (χ4v) is 1.13. The number of hydrogen-bond donors (Lipinski definition) is 2. The summed E-state index contributed by atoms with van der Waals surface area (Å²) in [6.45, 7) is 6.68. The van der Waals surface area contributed by atoms with Gasteiger partial charge in [0.2, 0.25) is 0 Å². The maximum absolute atomic E-state index is 10.3. The van der Waals surface area contributed by atoms with Crippen molar-refractivity contribution in [2.24, 2.45) is 5.92 Å². The van der Waals surface area contributed by atoms with Crippen LogP contribution in [0.15, 0.2) is 0 Å². The van der Waals surface area contributed by atoms with Crippen LogP contribution in [0.25, 0.3) is 0 Å². The molecule has 0 aromatic heterocycles. The van der Waals surface area contributed by atoms with Crippen molar-refractivity contribution in [1.29, 1.82) is 0 Å². The van der Waals surface area contributed by atoms with E-state index >= 15 is 0 Å². The van der Waals surface area contributed by atoms with E-state index in [4.69, 9.17) is 9.84 Å². The van der Waals surface area contributed by atoms with Crippen LogP contribution in [-0.2, 0) is 9.53 Å². The van der Waals surface area contributed by atoms with E-state index < -0.39 is 10.9 Å². The van der Waals surface area contributed by atoms with E-state index in [-0.39, 0.29) is 6.42 Å². The van der Waals surface area contributed by atoms with Gasteiger partial charge < -0.3 is 9.84 Å². The van der Waals surface area contributed by atoms with Crippen LogP contribution < -0.4 is 0 Å². The molecule has 14 heavy (non-hydrogen) atoms. The van der Waals surface area contributed by atoms with Crippen molar-refractivity contribution in [2.75, 3.05) is 6.61 Å². The highest BCUT2D eigenvalue weighted by Gasteiger charge is 2.20. The van der Waals surface area contributed by atoms with Gasteiger partial charge in [0.15, 0.2) is 0 Å². The van der Waals surface area contributed by atoms with Crippen LogP contribution >= 0.6 is 12.6 Å². The lowest BCUT2D eigenvalue weighted by Gasteiger charge is -2.24. The van der Waals surface area contributed by atoms with Crippen LogP contribution in [0.2, 0.25) is 0 Å². The van der Waals surface area contributed by atoms with Crippen molar-refractivity contribution in [2.45, 2.75) is 45.0 Å². The van der Waals surface area contributed by atoms with E-state index in [1.807, 2.05) is 0 Å². The Morgan fingerprint density at radius 1 is 1.57 bits per heavy atom. The summed E-state index contributed by atoms with van der Waals surface area (Å²) in [6, 6.07) is 0. The second kappa shape index (κ2) is 6.30. The Hall–Kier alpha value is -0.220. The summed E-state index contributed by atoms with van der Waals surface area (Å²) >= 11 is 4.28. The second-order valence-electron chi connectivity index (χ2n) is 4.10. The molecule has 0 fully saturated rings. The van der Waals surface area contributed by atoms with Crippen LogP contribution in [0.5, 0.6) is 0 Å². The first-order valence-electron chi connectivity index (χ1n) is 4.91. The van der Waals surface area contributed by atoms with Gasteiger partial charge in [0.25, 0.3) is 0 Å². The first kappa shape index (κ1) is 13.8. The van der Waals surface area contributed by atoms with E-state index in [2.05, 4.69) is 26.5 Å². The van der Waals surface area contributed by atoms with Crippen molar-refractivity contribution in [3.8, 4) is 0 Å². The molecule has 0 saturated carbocycles. The average Bonchev–Trinajstić information content (AvgIpc) is 2.00. The van der Waals surface area contributed by atoms with Gasteiger partial charge in [-0.2, -0.15) is 0 Å². The number of thiol groups is 1. The van der Waals surface area contributed by atoms with Crippen LogP contribution in [-0.4, -0.2) is 22.6 Å². The van der Waals surface area contributed by atoms with Gasteiger partial charge in [-0.25, -0.2) is 0 Å². The Labute approximate surface area is 91.2 Å². The van der Waals surface area contributed by atoms with Gasteiger partial charge in [-0.05, 0) is 25.7 Å². The van der Waals surface area contributed by atoms with Crippen molar-refractivity contribution in [1.82, 2.24) is 0 Å². The fraction of sp³-hybridized carbons (Fsp3) is 0.900. The predicted octanol–water partition coefficient (Wildman–Crippen LogP) is 2.56. The summed E-state index contributed by atoms with van der Waals surface area (Å²) in [5.41, 5.74) is 0. The molecule has 84 valence electrons. The lowest BCUT2D eigenvalue weighted by atomic mass is 10.1. The lowest BCUT2D eigenvalue weighted by molar-refractivity contribution is -0.138. The molecule has 0 bridgehead atoms. The molecule has 0 saturated heterocycles. The van der Waals surface area contributed by atoms with Crippen molar-refractivity contribution in [3.05, 3.63) is 0 Å². The molecular weight excluding hydrogens is 200 g/mol. The molecule has 4 heteroatoms. The fourth-order valence-electron chi connectivity index (χ4n) is 0.926. The third kappa shape index (κ3) is 8.38. The molecule has 0 aromatic carbocycles. The largest absolute Gasteiger partial charge is 0.481 e. The smallest absolute Gasteiger partial charge is 0.303 e. The zero-order valence-corrected chi connectivity index (χ0v) is 10.0. The monoisotopic (exact) mass is 220 g/mol. The van der Waals surface area contributed by atoms with Gasteiger partial charge >= 0.3 is 5.97 Å². The molecular formula is C10H20O3S. The SMILES string of the molecule is CC(C)CCOC(C)(S)CCC(=O)O. The molecule has 0 amide bonds. The molecule has 1 N–H and O–H groups in total. The van der Waals surface area contributed by atoms with Gasteiger partial charge in [-0.3, -0.25) is 4.79 Å². The Balaban J connectivity index is 3.66. The third-order valence-electron chi connectivity index (χ3n) is 1.91. The minimum absolute atomic E-state index is 0.0989. The molecule has 3 nitrogen and oxygen atoms in total. The molecule has 1 atom stereocenters. The van der Waals surface area contributed by atoms with Crippen LogP contribution in [0.1, 0.15) is 40.0 Å². The second-order valence-corrected chi connectivity index (χ2v) is 5.05. The third-order valence-corrected chi connectivity index (χ3v) is 2.26. The summed E-state index contributed by atoms with van der Waals surface area (Å²) in [5, 5.41) is 8.50. The van der Waals surface area contributed by atoms with Gasteiger partial charge in [-0.15, -0.1) is 12.6 Å². The summed E-state index contributed by atoms with van der Waals surface area (Å²) in [6.07, 6.45) is 1.51. The average molecular weight is 220 g/mol. The standard InChI is InChI=1S/C10H20O3S/c1-8(2)5-7-13-10(3,14)6-4-9(11)12/h8,14H,4-7H2,1-3H3,(H,11,12). The van der Waals surface area contributed by atoms with E-state index in [0.29, 0.717) is 18.9 Å². The maximum Gasteiger partial charge on any atom is 0.303 e. The summed E-state index contributed by atoms with van der Waals surface area (Å²) < 4.78 is 5.49. The maximum atomic E-state index is 10.3. The minimum atomic E-state index is -0.808. The summed E-state index contributed by atoms with van der Waals surface area (Å²) in [4.78, 5) is 9.72. The molecule has 0 aliphatic heterocycles. The molecule has 0 radical (unpaired) electrons. The van der Waals surface area contributed by atoms with E-state index in [1.54, 1.807) is 6.92 Å². The van der Waals surface area contributed by atoms with E-state index in [0.717, 1.165) is 6.42 Å². The Morgan fingerprint density at radius 2 is 2.14 bits per heavy atom. The van der Waals surface area contributed by atoms with Crippen molar-refractivity contribution < 1.29 is 14.6 Å². The zero-order chi connectivity index (χ0) is 11.2. The normalized spacial score (nSPS) is 15.5. The molecule has 1 unspecified atom stereocenters. The van der Waals surface area contributed by atoms with E-state index in [1.165, 1.54) is 0 Å². The first-order chi connectivity index (χ1) is 6.33. The summed E-state index contributed by atoms with van der Waals surface area (Å²) in [5.74, 6) is -0.212. The van der Waals surface area contributed by atoms with Gasteiger partial charge in [0, 0.05) is 13.0 Å². The lowest BCUT2D eigenvalue weighted by Crippen LogP contribution is -2.23. The molecule has 0 rings (SSSR count). The highest BCUT2D eigenvalue weighted by Crippen LogP contribution is 2.22. The molecule has 0 aromatic rings. The molecule has 0 aliphatic rings. The topological polar surface area (TPSA) is 46.5 Å². The quantitative estimate of drug-likeness (QED) is 0.512. The highest BCUT2D eigenvalue weighted by atomic mass is 32.1. The molecule has 0 aliphatic carbocycles. The molecule has 0 heterocycles. The van der Waals surface area contributed by atoms with Crippen LogP contribution in [0.3, 0.4) is 0 Å². The van der Waals surface area contributed by atoms with Gasteiger partial charge in [-0.1, -0.05) is 13.8 Å². The number of ether oxygens (including phenoxy) is 1. The van der Waals surface area contributed by atoms with Gasteiger partial charge in [0.05, 0.1) is 0 Å². The predicted molar refractivity (Wildman–Crippen MR) is 59.7 cm³/mol. The number of carboxylic acids is 1. The number of rotatable bonds is 7. The number of hydrogen-bond acceptors (Lipinski definition) is 3. The Morgan fingerprint density at radius 3 is 2.57 bits per heavy atom.